The lowest BCUT2D eigenvalue weighted by Gasteiger charge is -2.31. The second-order valence-corrected chi connectivity index (χ2v) is 4.68. The molecule has 1 aliphatic rings. The fourth-order valence-corrected chi connectivity index (χ4v) is 2.33. The predicted octanol–water partition coefficient (Wildman–Crippen LogP) is 1.53. The van der Waals surface area contributed by atoms with Crippen LogP contribution in [0.2, 0.25) is 0 Å². The molecule has 0 aliphatic carbocycles. The Morgan fingerprint density at radius 1 is 1.32 bits per heavy atom. The van der Waals surface area contributed by atoms with Crippen LogP contribution in [0.15, 0.2) is 18.2 Å². The molecule has 0 radical (unpaired) electrons. The third kappa shape index (κ3) is 2.98. The highest BCUT2D eigenvalue weighted by molar-refractivity contribution is 5.99. The number of ether oxygens (including phenoxy) is 2. The normalized spacial score (nSPS) is 16.4. The van der Waals surface area contributed by atoms with Gasteiger partial charge in [0.25, 0.3) is 5.91 Å². The molecule has 0 saturated carbocycles. The third-order valence-electron chi connectivity index (χ3n) is 3.55. The van der Waals surface area contributed by atoms with Crippen LogP contribution in [0.1, 0.15) is 23.2 Å². The van der Waals surface area contributed by atoms with E-state index < -0.39 is 0 Å². The molecule has 2 rings (SSSR count). The molecular formula is C14H20N2O3. The summed E-state index contributed by atoms with van der Waals surface area (Å²) >= 11 is 0. The number of carbonyl (C=O) groups excluding carboxylic acids is 1. The molecule has 0 aromatic heterocycles. The number of likely N-dealkylation sites (tertiary alicyclic amines) is 1. The van der Waals surface area contributed by atoms with Crippen LogP contribution in [0.5, 0.6) is 5.75 Å². The quantitative estimate of drug-likeness (QED) is 0.841. The number of methoxy groups -OCH3 is 2. The van der Waals surface area contributed by atoms with Crippen LogP contribution in [0.3, 0.4) is 0 Å². The van der Waals surface area contributed by atoms with Gasteiger partial charge in [0.15, 0.2) is 0 Å². The summed E-state index contributed by atoms with van der Waals surface area (Å²) in [5, 5.41) is 0. The molecule has 19 heavy (non-hydrogen) atoms. The fraction of sp³-hybridized carbons (Fsp3) is 0.500. The maximum atomic E-state index is 12.4. The number of nitrogens with two attached hydrogens (primary N) is 1. The van der Waals surface area contributed by atoms with E-state index in [2.05, 4.69) is 0 Å². The van der Waals surface area contributed by atoms with Crippen LogP contribution in [-0.2, 0) is 4.74 Å². The minimum atomic E-state index is -0.0188. The van der Waals surface area contributed by atoms with Crippen molar-refractivity contribution in [2.75, 3.05) is 33.0 Å². The molecule has 5 heteroatoms. The molecule has 1 aromatic rings. The first-order valence-corrected chi connectivity index (χ1v) is 6.41. The van der Waals surface area contributed by atoms with Crippen molar-refractivity contribution < 1.29 is 14.3 Å². The molecule has 2 N–H and O–H groups in total. The maximum Gasteiger partial charge on any atom is 0.255 e. The van der Waals surface area contributed by atoms with Gasteiger partial charge < -0.3 is 20.1 Å². The SMILES string of the molecule is COc1ccc(C(=O)N2CCC(OC)CC2)c(N)c1. The Morgan fingerprint density at radius 2 is 2.00 bits per heavy atom. The second kappa shape index (κ2) is 5.93. The van der Waals surface area contributed by atoms with Crippen LogP contribution in [0.25, 0.3) is 0 Å². The number of hydrogen-bond acceptors (Lipinski definition) is 4. The zero-order chi connectivity index (χ0) is 13.8. The number of anilines is 1. The molecule has 0 bridgehead atoms. The Morgan fingerprint density at radius 3 is 2.53 bits per heavy atom. The number of nitrogens with zero attached hydrogens (tertiary/aromatic N) is 1. The lowest BCUT2D eigenvalue weighted by Crippen LogP contribution is -2.40. The highest BCUT2D eigenvalue weighted by atomic mass is 16.5. The first-order chi connectivity index (χ1) is 9.15. The Labute approximate surface area is 113 Å². The number of carbonyl (C=O) groups is 1. The molecule has 0 spiro atoms. The van der Waals surface area contributed by atoms with Gasteiger partial charge in [0.05, 0.1) is 18.8 Å². The molecule has 5 nitrogen and oxygen atoms in total. The van der Waals surface area contributed by atoms with E-state index in [1.807, 2.05) is 4.90 Å². The van der Waals surface area contributed by atoms with E-state index >= 15 is 0 Å². The monoisotopic (exact) mass is 264 g/mol. The van der Waals surface area contributed by atoms with Gasteiger partial charge in [-0.25, -0.2) is 0 Å². The number of rotatable bonds is 3. The van der Waals surface area contributed by atoms with Crippen molar-refractivity contribution in [3.8, 4) is 5.75 Å². The van der Waals surface area contributed by atoms with Gasteiger partial charge in [-0.05, 0) is 25.0 Å². The van der Waals surface area contributed by atoms with Crippen molar-refractivity contribution in [2.45, 2.75) is 18.9 Å². The van der Waals surface area contributed by atoms with Gasteiger partial charge in [-0.2, -0.15) is 0 Å². The minimum Gasteiger partial charge on any atom is -0.497 e. The molecular weight excluding hydrogens is 244 g/mol. The smallest absolute Gasteiger partial charge is 0.255 e. The Balaban J connectivity index is 2.08. The summed E-state index contributed by atoms with van der Waals surface area (Å²) in [6.45, 7) is 1.42. The number of benzene rings is 1. The van der Waals surface area contributed by atoms with Crippen molar-refractivity contribution in [3.63, 3.8) is 0 Å². The summed E-state index contributed by atoms with van der Waals surface area (Å²) < 4.78 is 10.4. The highest BCUT2D eigenvalue weighted by Crippen LogP contribution is 2.23. The summed E-state index contributed by atoms with van der Waals surface area (Å²) in [4.78, 5) is 14.2. The van der Waals surface area contributed by atoms with E-state index in [-0.39, 0.29) is 12.0 Å². The topological polar surface area (TPSA) is 64.8 Å². The van der Waals surface area contributed by atoms with Crippen LogP contribution in [0.4, 0.5) is 5.69 Å². The van der Waals surface area contributed by atoms with Gasteiger partial charge in [0.2, 0.25) is 0 Å². The number of hydrogen-bond donors (Lipinski definition) is 1. The van der Waals surface area contributed by atoms with E-state index in [9.17, 15) is 4.79 Å². The van der Waals surface area contributed by atoms with E-state index in [1.165, 1.54) is 0 Å². The van der Waals surface area contributed by atoms with Crippen molar-refractivity contribution in [1.29, 1.82) is 0 Å². The first-order valence-electron chi connectivity index (χ1n) is 6.41. The van der Waals surface area contributed by atoms with Gasteiger partial charge in [0.1, 0.15) is 5.75 Å². The molecule has 1 saturated heterocycles. The molecule has 1 aromatic carbocycles. The molecule has 0 atom stereocenters. The number of piperidine rings is 1. The van der Waals surface area contributed by atoms with E-state index in [4.69, 9.17) is 15.2 Å². The zero-order valence-corrected chi connectivity index (χ0v) is 11.4. The average molecular weight is 264 g/mol. The van der Waals surface area contributed by atoms with Crippen molar-refractivity contribution in [1.82, 2.24) is 4.90 Å². The predicted molar refractivity (Wildman–Crippen MR) is 73.3 cm³/mol. The Hall–Kier alpha value is -1.75. The van der Waals surface area contributed by atoms with Crippen LogP contribution < -0.4 is 10.5 Å². The van der Waals surface area contributed by atoms with Crippen molar-refractivity contribution in [3.05, 3.63) is 23.8 Å². The van der Waals surface area contributed by atoms with Crippen LogP contribution >= 0.6 is 0 Å². The summed E-state index contributed by atoms with van der Waals surface area (Å²) in [6, 6.07) is 5.15. The van der Waals surface area contributed by atoms with Gasteiger partial charge in [0, 0.05) is 32.0 Å². The zero-order valence-electron chi connectivity index (χ0n) is 11.4. The highest BCUT2D eigenvalue weighted by Gasteiger charge is 2.24. The first kappa shape index (κ1) is 13.7. The lowest BCUT2D eigenvalue weighted by atomic mass is 10.1. The summed E-state index contributed by atoms with van der Waals surface area (Å²) in [5.74, 6) is 0.641. The largest absolute Gasteiger partial charge is 0.497 e. The Kier molecular flexibility index (Phi) is 4.27. The van der Waals surface area contributed by atoms with E-state index in [1.54, 1.807) is 32.4 Å². The number of nitrogen functional groups attached to an aromatic ring is 1. The van der Waals surface area contributed by atoms with Gasteiger partial charge in [-0.1, -0.05) is 0 Å². The van der Waals surface area contributed by atoms with E-state index in [0.717, 1.165) is 12.8 Å². The molecule has 0 unspecified atom stereocenters. The standard InChI is InChI=1S/C14H20N2O3/c1-18-10-5-7-16(8-6-10)14(17)12-4-3-11(19-2)9-13(12)15/h3-4,9-10H,5-8,15H2,1-2H3. The molecule has 1 amide bonds. The fourth-order valence-electron chi connectivity index (χ4n) is 2.33. The maximum absolute atomic E-state index is 12.4. The number of amides is 1. The van der Waals surface area contributed by atoms with Crippen LogP contribution in [-0.4, -0.2) is 44.2 Å². The third-order valence-corrected chi connectivity index (χ3v) is 3.55. The van der Waals surface area contributed by atoms with Gasteiger partial charge in [-0.15, -0.1) is 0 Å². The molecule has 1 heterocycles. The average Bonchev–Trinajstić information content (AvgIpc) is 2.46. The van der Waals surface area contributed by atoms with Gasteiger partial charge >= 0.3 is 0 Å². The minimum absolute atomic E-state index is 0.0188. The lowest BCUT2D eigenvalue weighted by molar-refractivity contribution is 0.0351. The molecule has 104 valence electrons. The Bertz CT molecular complexity index is 454. The van der Waals surface area contributed by atoms with E-state index in [0.29, 0.717) is 30.1 Å². The van der Waals surface area contributed by atoms with Gasteiger partial charge in [-0.3, -0.25) is 4.79 Å². The molecule has 1 fully saturated rings. The summed E-state index contributed by atoms with van der Waals surface area (Å²) in [6.07, 6.45) is 2.01. The molecule has 1 aliphatic heterocycles. The van der Waals surface area contributed by atoms with Crippen molar-refractivity contribution >= 4 is 11.6 Å². The van der Waals surface area contributed by atoms with Crippen molar-refractivity contribution in [2.24, 2.45) is 0 Å². The van der Waals surface area contributed by atoms with Crippen LogP contribution in [0, 0.1) is 0 Å². The second-order valence-electron chi connectivity index (χ2n) is 4.68. The summed E-state index contributed by atoms with van der Waals surface area (Å²) in [7, 11) is 3.29. The summed E-state index contributed by atoms with van der Waals surface area (Å²) in [5.41, 5.74) is 6.90.